The quantitative estimate of drug-likeness (QED) is 0.781. The molecule has 2 rings (SSSR count). The molecule has 1 fully saturated rings. The zero-order chi connectivity index (χ0) is 11.6. The summed E-state index contributed by atoms with van der Waals surface area (Å²) in [5.74, 6) is 0.140. The van der Waals surface area contributed by atoms with Crippen molar-refractivity contribution in [1.29, 1.82) is 0 Å². The lowest BCUT2D eigenvalue weighted by Crippen LogP contribution is -2.35. The predicted molar refractivity (Wildman–Crippen MR) is 61.3 cm³/mol. The first-order chi connectivity index (χ1) is 7.60. The summed E-state index contributed by atoms with van der Waals surface area (Å²) >= 11 is 0. The molecule has 0 radical (unpaired) electrons. The van der Waals surface area contributed by atoms with Gasteiger partial charge in [0.2, 0.25) is 0 Å². The van der Waals surface area contributed by atoms with Gasteiger partial charge in [0.15, 0.2) is 5.78 Å². The Bertz CT molecular complexity index is 377. The highest BCUT2D eigenvalue weighted by molar-refractivity contribution is 5.88. The predicted octanol–water partition coefficient (Wildman–Crippen LogP) is 2.07. The number of hydrogen-bond donors (Lipinski definition) is 0. The molecule has 1 aromatic heterocycles. The standard InChI is InChI=1S/C13H17NO2/c1-10-4-5-11(14-9-10)8-12(15)13(2)6-3-7-16-13/h4-5,9H,3,6-8H2,1-2H3. The summed E-state index contributed by atoms with van der Waals surface area (Å²) < 4.78 is 5.52. The molecule has 2 heterocycles. The van der Waals surface area contributed by atoms with Crippen molar-refractivity contribution in [1.82, 2.24) is 4.98 Å². The summed E-state index contributed by atoms with van der Waals surface area (Å²) in [7, 11) is 0. The van der Waals surface area contributed by atoms with E-state index in [1.165, 1.54) is 0 Å². The average Bonchev–Trinajstić information content (AvgIpc) is 2.70. The Balaban J connectivity index is 2.04. The maximum absolute atomic E-state index is 12.1. The number of rotatable bonds is 3. The van der Waals surface area contributed by atoms with Gasteiger partial charge in [-0.3, -0.25) is 9.78 Å². The molecule has 0 spiro atoms. The van der Waals surface area contributed by atoms with Crippen molar-refractivity contribution in [3.8, 4) is 0 Å². The number of nitrogens with zero attached hydrogens (tertiary/aromatic N) is 1. The molecule has 16 heavy (non-hydrogen) atoms. The molecule has 1 aliphatic rings. The Kier molecular flexibility index (Phi) is 3.06. The third-order valence-electron chi connectivity index (χ3n) is 3.12. The number of Topliss-reactive ketones (excluding diaryl/α,β-unsaturated/α-hetero) is 1. The average molecular weight is 219 g/mol. The third kappa shape index (κ3) is 2.30. The van der Waals surface area contributed by atoms with Crippen LogP contribution in [0.1, 0.15) is 31.0 Å². The second kappa shape index (κ2) is 4.34. The highest BCUT2D eigenvalue weighted by Crippen LogP contribution is 2.27. The molecule has 1 unspecified atom stereocenters. The number of carbonyl (C=O) groups excluding carboxylic acids is 1. The lowest BCUT2D eigenvalue weighted by Gasteiger charge is -2.20. The molecule has 0 saturated carbocycles. The van der Waals surface area contributed by atoms with E-state index in [-0.39, 0.29) is 5.78 Å². The van der Waals surface area contributed by atoms with Crippen molar-refractivity contribution >= 4 is 5.78 Å². The monoisotopic (exact) mass is 219 g/mol. The van der Waals surface area contributed by atoms with E-state index in [4.69, 9.17) is 4.74 Å². The van der Waals surface area contributed by atoms with Crippen LogP contribution < -0.4 is 0 Å². The number of ketones is 1. The van der Waals surface area contributed by atoms with Gasteiger partial charge in [-0.15, -0.1) is 0 Å². The third-order valence-corrected chi connectivity index (χ3v) is 3.12. The lowest BCUT2D eigenvalue weighted by atomic mass is 9.94. The van der Waals surface area contributed by atoms with Gasteiger partial charge in [0.1, 0.15) is 5.60 Å². The summed E-state index contributed by atoms with van der Waals surface area (Å²) in [5.41, 5.74) is 1.36. The van der Waals surface area contributed by atoms with Gasteiger partial charge in [-0.25, -0.2) is 0 Å². The van der Waals surface area contributed by atoms with Crippen molar-refractivity contribution in [2.45, 2.75) is 38.7 Å². The summed E-state index contributed by atoms with van der Waals surface area (Å²) in [6.45, 7) is 4.57. The SMILES string of the molecule is Cc1ccc(CC(=O)C2(C)CCCO2)nc1. The molecular weight excluding hydrogens is 202 g/mol. The van der Waals surface area contributed by atoms with Crippen LogP contribution in [-0.2, 0) is 16.0 Å². The van der Waals surface area contributed by atoms with Crippen LogP contribution in [-0.4, -0.2) is 23.0 Å². The number of carbonyl (C=O) groups is 1. The van der Waals surface area contributed by atoms with E-state index in [1.807, 2.05) is 26.0 Å². The Labute approximate surface area is 95.8 Å². The van der Waals surface area contributed by atoms with Gasteiger partial charge in [-0.05, 0) is 38.3 Å². The van der Waals surface area contributed by atoms with Gasteiger partial charge in [-0.1, -0.05) is 6.07 Å². The maximum Gasteiger partial charge on any atom is 0.170 e. The summed E-state index contributed by atoms with van der Waals surface area (Å²) in [6.07, 6.45) is 3.97. The number of ether oxygens (including phenoxy) is 1. The zero-order valence-corrected chi connectivity index (χ0v) is 9.82. The minimum Gasteiger partial charge on any atom is -0.367 e. The minimum atomic E-state index is -0.577. The molecule has 1 atom stereocenters. The van der Waals surface area contributed by atoms with Gasteiger partial charge in [0.25, 0.3) is 0 Å². The Morgan fingerprint density at radius 3 is 2.94 bits per heavy atom. The van der Waals surface area contributed by atoms with Crippen LogP contribution in [0.25, 0.3) is 0 Å². The maximum atomic E-state index is 12.1. The fourth-order valence-electron chi connectivity index (χ4n) is 1.95. The van der Waals surface area contributed by atoms with Crippen LogP contribution in [0.3, 0.4) is 0 Å². The van der Waals surface area contributed by atoms with Gasteiger partial charge in [-0.2, -0.15) is 0 Å². The smallest absolute Gasteiger partial charge is 0.170 e. The van der Waals surface area contributed by atoms with Crippen LogP contribution in [0.15, 0.2) is 18.3 Å². The molecule has 0 bridgehead atoms. The molecular formula is C13H17NO2. The van der Waals surface area contributed by atoms with Crippen LogP contribution in [0.5, 0.6) is 0 Å². The first-order valence-corrected chi connectivity index (χ1v) is 5.69. The first-order valence-electron chi connectivity index (χ1n) is 5.69. The van der Waals surface area contributed by atoms with Gasteiger partial charge in [0.05, 0.1) is 6.42 Å². The molecule has 86 valence electrons. The van der Waals surface area contributed by atoms with Crippen molar-refractivity contribution in [2.24, 2.45) is 0 Å². The van der Waals surface area contributed by atoms with Crippen molar-refractivity contribution < 1.29 is 9.53 Å². The Morgan fingerprint density at radius 2 is 2.38 bits per heavy atom. The summed E-state index contributed by atoms with van der Waals surface area (Å²) in [5, 5.41) is 0. The minimum absolute atomic E-state index is 0.140. The van der Waals surface area contributed by atoms with Crippen LogP contribution in [0.2, 0.25) is 0 Å². The molecule has 0 aromatic carbocycles. The van der Waals surface area contributed by atoms with Gasteiger partial charge in [0, 0.05) is 18.5 Å². The highest BCUT2D eigenvalue weighted by atomic mass is 16.5. The number of hydrogen-bond acceptors (Lipinski definition) is 3. The molecule has 0 aliphatic carbocycles. The fraction of sp³-hybridized carbons (Fsp3) is 0.538. The summed E-state index contributed by atoms with van der Waals surface area (Å²) in [6, 6.07) is 3.89. The largest absolute Gasteiger partial charge is 0.367 e. The van der Waals surface area contributed by atoms with E-state index < -0.39 is 5.60 Å². The van der Waals surface area contributed by atoms with Gasteiger partial charge >= 0.3 is 0 Å². The van der Waals surface area contributed by atoms with E-state index in [2.05, 4.69) is 4.98 Å². The molecule has 1 aliphatic heterocycles. The van der Waals surface area contributed by atoms with E-state index >= 15 is 0 Å². The second-order valence-electron chi connectivity index (χ2n) is 4.61. The zero-order valence-electron chi connectivity index (χ0n) is 9.82. The molecule has 3 heteroatoms. The van der Waals surface area contributed by atoms with E-state index in [9.17, 15) is 4.79 Å². The topological polar surface area (TPSA) is 39.2 Å². The highest BCUT2D eigenvalue weighted by Gasteiger charge is 2.37. The number of aromatic nitrogens is 1. The van der Waals surface area contributed by atoms with Crippen LogP contribution >= 0.6 is 0 Å². The first kappa shape index (κ1) is 11.3. The van der Waals surface area contributed by atoms with Gasteiger partial charge < -0.3 is 4.74 Å². The van der Waals surface area contributed by atoms with Crippen molar-refractivity contribution in [2.75, 3.05) is 6.61 Å². The van der Waals surface area contributed by atoms with Crippen LogP contribution in [0, 0.1) is 6.92 Å². The second-order valence-corrected chi connectivity index (χ2v) is 4.61. The van der Waals surface area contributed by atoms with Crippen molar-refractivity contribution in [3.05, 3.63) is 29.6 Å². The van der Waals surface area contributed by atoms with Crippen molar-refractivity contribution in [3.63, 3.8) is 0 Å². The molecule has 0 N–H and O–H groups in total. The van der Waals surface area contributed by atoms with E-state index in [0.29, 0.717) is 13.0 Å². The lowest BCUT2D eigenvalue weighted by molar-refractivity contribution is -0.136. The van der Waals surface area contributed by atoms with E-state index in [0.717, 1.165) is 24.1 Å². The molecule has 1 aromatic rings. The fourth-order valence-corrected chi connectivity index (χ4v) is 1.95. The molecule has 1 saturated heterocycles. The number of aryl methyl sites for hydroxylation is 1. The Morgan fingerprint density at radius 1 is 1.56 bits per heavy atom. The molecule has 3 nitrogen and oxygen atoms in total. The van der Waals surface area contributed by atoms with Crippen LogP contribution in [0.4, 0.5) is 0 Å². The molecule has 0 amide bonds. The number of pyridine rings is 1. The summed E-state index contributed by atoms with van der Waals surface area (Å²) in [4.78, 5) is 16.3. The van der Waals surface area contributed by atoms with E-state index in [1.54, 1.807) is 6.20 Å². The Hall–Kier alpha value is -1.22. The normalized spacial score (nSPS) is 24.6.